The van der Waals surface area contributed by atoms with Crippen molar-refractivity contribution in [2.24, 2.45) is 5.92 Å². The molecule has 5 rings (SSSR count). The van der Waals surface area contributed by atoms with E-state index in [1.165, 1.54) is 12.8 Å². The molecule has 0 N–H and O–H groups in total. The molecule has 2 amide bonds. The minimum absolute atomic E-state index is 0.0742. The lowest BCUT2D eigenvalue weighted by Gasteiger charge is -2.35. The first-order valence-corrected chi connectivity index (χ1v) is 11.2. The van der Waals surface area contributed by atoms with E-state index in [1.54, 1.807) is 6.20 Å². The Bertz CT molecular complexity index is 1060. The second-order valence-corrected chi connectivity index (χ2v) is 9.02. The molecular weight excluding hydrogens is 392 g/mol. The standard InChI is InChI=1S/C23H28N6O2/c1-13-17-10-20(30)29(12-16-7-8-16)22(17)27-21(26-13)19-6-4-5-9-28(19)23(31)18-11-24-15(3)25-14(18)2/h11,16,19H,4-10,12H2,1-3H3/t19-/m0/s1. The van der Waals surface area contributed by atoms with Crippen LogP contribution in [-0.2, 0) is 11.2 Å². The van der Waals surface area contributed by atoms with Crippen LogP contribution >= 0.6 is 0 Å². The molecule has 162 valence electrons. The van der Waals surface area contributed by atoms with E-state index in [-0.39, 0.29) is 17.9 Å². The van der Waals surface area contributed by atoms with E-state index in [0.717, 1.165) is 42.9 Å². The molecule has 2 aromatic rings. The van der Waals surface area contributed by atoms with Crippen molar-refractivity contribution < 1.29 is 9.59 Å². The van der Waals surface area contributed by atoms with Crippen LogP contribution in [0.15, 0.2) is 6.20 Å². The highest BCUT2D eigenvalue weighted by molar-refractivity contribution is 6.00. The monoisotopic (exact) mass is 420 g/mol. The van der Waals surface area contributed by atoms with Gasteiger partial charge in [0.05, 0.1) is 23.7 Å². The topological polar surface area (TPSA) is 92.2 Å². The van der Waals surface area contributed by atoms with Gasteiger partial charge >= 0.3 is 0 Å². The number of hydrogen-bond donors (Lipinski definition) is 0. The van der Waals surface area contributed by atoms with Crippen molar-refractivity contribution in [1.29, 1.82) is 0 Å². The summed E-state index contributed by atoms with van der Waals surface area (Å²) in [7, 11) is 0. The largest absolute Gasteiger partial charge is 0.328 e. The molecule has 3 aliphatic rings. The van der Waals surface area contributed by atoms with Crippen molar-refractivity contribution in [2.75, 3.05) is 18.0 Å². The molecule has 0 bridgehead atoms. The summed E-state index contributed by atoms with van der Waals surface area (Å²) in [6, 6.07) is -0.204. The van der Waals surface area contributed by atoms with Gasteiger partial charge in [-0.1, -0.05) is 0 Å². The number of fused-ring (bicyclic) bond motifs is 1. The van der Waals surface area contributed by atoms with Crippen LogP contribution in [0.1, 0.15) is 77.1 Å². The van der Waals surface area contributed by atoms with Gasteiger partial charge in [-0.25, -0.2) is 19.9 Å². The first-order valence-electron chi connectivity index (χ1n) is 11.2. The lowest BCUT2D eigenvalue weighted by atomic mass is 9.99. The van der Waals surface area contributed by atoms with E-state index in [1.807, 2.05) is 30.6 Å². The van der Waals surface area contributed by atoms with Crippen LogP contribution in [-0.4, -0.2) is 49.7 Å². The van der Waals surface area contributed by atoms with E-state index < -0.39 is 0 Å². The highest BCUT2D eigenvalue weighted by atomic mass is 16.2. The normalized spacial score (nSPS) is 20.9. The summed E-state index contributed by atoms with van der Waals surface area (Å²) in [5, 5.41) is 0. The number of amides is 2. The molecule has 8 nitrogen and oxygen atoms in total. The molecule has 0 aromatic carbocycles. The number of rotatable bonds is 4. The molecular formula is C23H28N6O2. The van der Waals surface area contributed by atoms with E-state index in [4.69, 9.17) is 9.97 Å². The minimum atomic E-state index is -0.204. The molecule has 0 radical (unpaired) electrons. The molecule has 8 heteroatoms. The van der Waals surface area contributed by atoms with Crippen LogP contribution in [0, 0.1) is 26.7 Å². The van der Waals surface area contributed by atoms with Crippen LogP contribution in [0.5, 0.6) is 0 Å². The van der Waals surface area contributed by atoms with Crippen molar-refractivity contribution in [3.63, 3.8) is 0 Å². The zero-order valence-corrected chi connectivity index (χ0v) is 18.4. The first kappa shape index (κ1) is 20.0. The highest BCUT2D eigenvalue weighted by Crippen LogP contribution is 2.38. The summed E-state index contributed by atoms with van der Waals surface area (Å²) in [4.78, 5) is 48.0. The smallest absolute Gasteiger partial charge is 0.257 e. The summed E-state index contributed by atoms with van der Waals surface area (Å²) in [6.07, 6.45) is 7.13. The fraction of sp³-hybridized carbons (Fsp3) is 0.565. The van der Waals surface area contributed by atoms with E-state index in [9.17, 15) is 9.59 Å². The minimum Gasteiger partial charge on any atom is -0.328 e. The Hall–Kier alpha value is -2.90. The molecule has 1 atom stereocenters. The molecule has 2 fully saturated rings. The van der Waals surface area contributed by atoms with Crippen molar-refractivity contribution in [3.05, 3.63) is 40.4 Å². The number of anilines is 1. The lowest BCUT2D eigenvalue weighted by Crippen LogP contribution is -2.40. The molecule has 2 aromatic heterocycles. The van der Waals surface area contributed by atoms with Gasteiger partial charge in [0, 0.05) is 30.5 Å². The molecule has 0 spiro atoms. The maximum Gasteiger partial charge on any atom is 0.257 e. The molecule has 0 unspecified atom stereocenters. The maximum absolute atomic E-state index is 13.4. The third kappa shape index (κ3) is 3.68. The zero-order valence-electron chi connectivity index (χ0n) is 18.4. The van der Waals surface area contributed by atoms with Crippen LogP contribution < -0.4 is 4.90 Å². The molecule has 4 heterocycles. The summed E-state index contributed by atoms with van der Waals surface area (Å²) in [5.41, 5.74) is 3.00. The van der Waals surface area contributed by atoms with Gasteiger partial charge < -0.3 is 4.90 Å². The van der Waals surface area contributed by atoms with Gasteiger partial charge in [-0.2, -0.15) is 0 Å². The average Bonchev–Trinajstić information content (AvgIpc) is 3.51. The van der Waals surface area contributed by atoms with Gasteiger partial charge in [-0.05, 0) is 58.8 Å². The third-order valence-corrected chi connectivity index (χ3v) is 6.62. The van der Waals surface area contributed by atoms with Gasteiger partial charge in [0.15, 0.2) is 5.82 Å². The van der Waals surface area contributed by atoms with Crippen molar-refractivity contribution in [1.82, 2.24) is 24.8 Å². The van der Waals surface area contributed by atoms with Gasteiger partial charge in [-0.3, -0.25) is 14.5 Å². The Balaban J connectivity index is 1.49. The Labute approximate surface area is 182 Å². The number of carbonyl (C=O) groups excluding carboxylic acids is 2. The average molecular weight is 421 g/mol. The predicted molar refractivity (Wildman–Crippen MR) is 115 cm³/mol. The Morgan fingerprint density at radius 1 is 1.06 bits per heavy atom. The van der Waals surface area contributed by atoms with Crippen molar-refractivity contribution >= 4 is 17.6 Å². The number of aromatic nitrogens is 4. The van der Waals surface area contributed by atoms with Gasteiger partial charge in [0.1, 0.15) is 11.6 Å². The second-order valence-electron chi connectivity index (χ2n) is 9.02. The highest BCUT2D eigenvalue weighted by Gasteiger charge is 2.38. The van der Waals surface area contributed by atoms with Crippen molar-refractivity contribution in [3.8, 4) is 0 Å². The van der Waals surface area contributed by atoms with Gasteiger partial charge in [0.25, 0.3) is 5.91 Å². The van der Waals surface area contributed by atoms with Crippen molar-refractivity contribution in [2.45, 2.75) is 65.3 Å². The summed E-state index contributed by atoms with van der Waals surface area (Å²) < 4.78 is 0. The van der Waals surface area contributed by atoms with Crippen LogP contribution in [0.25, 0.3) is 0 Å². The number of hydrogen-bond acceptors (Lipinski definition) is 6. The van der Waals surface area contributed by atoms with Gasteiger partial charge in [0.2, 0.25) is 5.91 Å². The fourth-order valence-corrected chi connectivity index (χ4v) is 4.68. The van der Waals surface area contributed by atoms with Crippen LogP contribution in [0.4, 0.5) is 5.82 Å². The molecule has 1 saturated heterocycles. The number of likely N-dealkylation sites (tertiary alicyclic amines) is 1. The van der Waals surface area contributed by atoms with Crippen LogP contribution in [0.2, 0.25) is 0 Å². The zero-order chi connectivity index (χ0) is 21.7. The summed E-state index contributed by atoms with van der Waals surface area (Å²) >= 11 is 0. The molecule has 2 aliphatic heterocycles. The fourth-order valence-electron chi connectivity index (χ4n) is 4.68. The third-order valence-electron chi connectivity index (χ3n) is 6.62. The number of nitrogens with zero attached hydrogens (tertiary/aromatic N) is 6. The quantitative estimate of drug-likeness (QED) is 0.755. The molecule has 1 aliphatic carbocycles. The Morgan fingerprint density at radius 3 is 2.61 bits per heavy atom. The summed E-state index contributed by atoms with van der Waals surface area (Å²) in [6.45, 7) is 7.01. The van der Waals surface area contributed by atoms with Crippen LogP contribution in [0.3, 0.4) is 0 Å². The van der Waals surface area contributed by atoms with E-state index in [0.29, 0.717) is 41.8 Å². The number of piperidine rings is 1. The van der Waals surface area contributed by atoms with E-state index >= 15 is 0 Å². The Morgan fingerprint density at radius 2 is 1.87 bits per heavy atom. The maximum atomic E-state index is 13.4. The lowest BCUT2D eigenvalue weighted by molar-refractivity contribution is -0.117. The predicted octanol–water partition coefficient (Wildman–Crippen LogP) is 2.86. The first-order chi connectivity index (χ1) is 14.9. The number of aryl methyl sites for hydroxylation is 3. The Kier molecular flexibility index (Phi) is 4.95. The molecule has 31 heavy (non-hydrogen) atoms. The van der Waals surface area contributed by atoms with Gasteiger partial charge in [-0.15, -0.1) is 0 Å². The molecule has 1 saturated carbocycles. The number of carbonyl (C=O) groups is 2. The summed E-state index contributed by atoms with van der Waals surface area (Å²) in [5.74, 6) is 2.68. The van der Waals surface area contributed by atoms with E-state index in [2.05, 4.69) is 9.97 Å². The second kappa shape index (κ2) is 7.66. The SMILES string of the molecule is Cc1ncc(C(=O)N2CCCC[C@H]2c2nc(C)c3c(n2)N(CC2CC2)C(=O)C3)c(C)n1.